The minimum absolute atomic E-state index is 0.117. The minimum Gasteiger partial charge on any atom is -0.479 e. The third-order valence-corrected chi connectivity index (χ3v) is 5.55. The standard InChI is InChI=1S/C24H28N2O4/c1-14-22(27)25-19-13-16(10-12-20(19)29-14)21(26-23(28)30-24(2,3)4)18-11-9-15-7-5-6-8-17(15)18/h5-8,10,12-14,18,21H,9,11H2,1-4H3,(H,25,27)(H,26,28). The Morgan fingerprint density at radius 3 is 2.77 bits per heavy atom. The molecule has 3 unspecified atom stereocenters. The van der Waals surface area contributed by atoms with Crippen LogP contribution in [-0.2, 0) is 16.0 Å². The van der Waals surface area contributed by atoms with Gasteiger partial charge in [-0.2, -0.15) is 0 Å². The van der Waals surface area contributed by atoms with Gasteiger partial charge in [-0.15, -0.1) is 0 Å². The first kappa shape index (κ1) is 20.3. The Bertz CT molecular complexity index is 979. The van der Waals surface area contributed by atoms with Crippen LogP contribution in [0.4, 0.5) is 10.5 Å². The average Bonchev–Trinajstić information content (AvgIpc) is 3.09. The van der Waals surface area contributed by atoms with E-state index < -0.39 is 17.8 Å². The molecule has 0 saturated carbocycles. The molecule has 2 aliphatic rings. The van der Waals surface area contributed by atoms with Crippen LogP contribution in [0.25, 0.3) is 0 Å². The first-order valence-corrected chi connectivity index (χ1v) is 10.4. The number of aryl methyl sites for hydroxylation is 1. The minimum atomic E-state index is -0.587. The van der Waals surface area contributed by atoms with Crippen molar-refractivity contribution in [3.8, 4) is 5.75 Å². The van der Waals surface area contributed by atoms with E-state index in [1.165, 1.54) is 11.1 Å². The predicted octanol–water partition coefficient (Wildman–Crippen LogP) is 4.70. The van der Waals surface area contributed by atoms with Gasteiger partial charge in [0.1, 0.15) is 11.4 Å². The lowest BCUT2D eigenvalue weighted by molar-refractivity contribution is -0.122. The number of rotatable bonds is 3. The quantitative estimate of drug-likeness (QED) is 0.772. The largest absolute Gasteiger partial charge is 0.479 e. The highest BCUT2D eigenvalue weighted by Gasteiger charge is 2.34. The van der Waals surface area contributed by atoms with Gasteiger partial charge in [0.25, 0.3) is 5.91 Å². The highest BCUT2D eigenvalue weighted by Crippen LogP contribution is 2.43. The molecule has 1 aliphatic carbocycles. The van der Waals surface area contributed by atoms with Crippen molar-refractivity contribution in [2.75, 3.05) is 5.32 Å². The van der Waals surface area contributed by atoms with Crippen molar-refractivity contribution in [3.05, 3.63) is 59.2 Å². The van der Waals surface area contributed by atoms with Crippen LogP contribution in [0.3, 0.4) is 0 Å². The van der Waals surface area contributed by atoms with E-state index in [0.717, 1.165) is 18.4 Å². The van der Waals surface area contributed by atoms with Crippen molar-refractivity contribution in [1.82, 2.24) is 5.32 Å². The number of hydrogen-bond acceptors (Lipinski definition) is 4. The average molecular weight is 408 g/mol. The Morgan fingerprint density at radius 1 is 1.23 bits per heavy atom. The molecular weight excluding hydrogens is 380 g/mol. The fraction of sp³-hybridized carbons (Fsp3) is 0.417. The Kier molecular flexibility index (Phi) is 5.18. The molecule has 3 atom stereocenters. The summed E-state index contributed by atoms with van der Waals surface area (Å²) >= 11 is 0. The maximum atomic E-state index is 12.7. The first-order valence-electron chi connectivity index (χ1n) is 10.4. The van der Waals surface area contributed by atoms with E-state index >= 15 is 0 Å². The molecule has 1 aliphatic heterocycles. The zero-order valence-electron chi connectivity index (χ0n) is 17.8. The van der Waals surface area contributed by atoms with E-state index in [9.17, 15) is 9.59 Å². The molecule has 2 amide bonds. The Labute approximate surface area is 177 Å². The van der Waals surface area contributed by atoms with Gasteiger partial charge in [-0.05, 0) is 69.4 Å². The molecule has 0 radical (unpaired) electrons. The number of hydrogen-bond donors (Lipinski definition) is 2. The number of amides is 2. The fourth-order valence-electron chi connectivity index (χ4n) is 4.21. The lowest BCUT2D eigenvalue weighted by Crippen LogP contribution is -2.37. The number of nitrogens with one attached hydrogen (secondary N) is 2. The molecule has 6 nitrogen and oxygen atoms in total. The van der Waals surface area contributed by atoms with Gasteiger partial charge in [-0.1, -0.05) is 30.3 Å². The highest BCUT2D eigenvalue weighted by molar-refractivity contribution is 5.97. The van der Waals surface area contributed by atoms with Crippen LogP contribution in [0.15, 0.2) is 42.5 Å². The van der Waals surface area contributed by atoms with E-state index in [1.54, 1.807) is 6.92 Å². The number of ether oxygens (including phenoxy) is 2. The number of carbonyl (C=O) groups is 2. The van der Waals surface area contributed by atoms with Crippen molar-refractivity contribution in [2.24, 2.45) is 0 Å². The lowest BCUT2D eigenvalue weighted by Gasteiger charge is -2.30. The van der Waals surface area contributed by atoms with Crippen LogP contribution < -0.4 is 15.4 Å². The van der Waals surface area contributed by atoms with E-state index in [4.69, 9.17) is 9.47 Å². The number of benzene rings is 2. The monoisotopic (exact) mass is 408 g/mol. The molecule has 4 rings (SSSR count). The third-order valence-electron chi connectivity index (χ3n) is 5.55. The maximum absolute atomic E-state index is 12.7. The molecule has 6 heteroatoms. The van der Waals surface area contributed by atoms with Crippen LogP contribution >= 0.6 is 0 Å². The molecule has 158 valence electrons. The molecule has 0 saturated heterocycles. The molecule has 0 fully saturated rings. The highest BCUT2D eigenvalue weighted by atomic mass is 16.6. The van der Waals surface area contributed by atoms with E-state index in [-0.39, 0.29) is 17.9 Å². The Hall–Kier alpha value is -3.02. The molecule has 2 aromatic rings. The third kappa shape index (κ3) is 4.13. The van der Waals surface area contributed by atoms with Crippen LogP contribution in [0.2, 0.25) is 0 Å². The summed E-state index contributed by atoms with van der Waals surface area (Å²) in [4.78, 5) is 24.7. The van der Waals surface area contributed by atoms with Crippen LogP contribution in [0.1, 0.15) is 62.8 Å². The summed E-state index contributed by atoms with van der Waals surface area (Å²) in [5, 5.41) is 5.98. The SMILES string of the molecule is CC1Oc2ccc(C(NC(=O)OC(C)(C)C)C3CCc4ccccc43)cc2NC1=O. The second-order valence-electron chi connectivity index (χ2n) is 8.97. The second kappa shape index (κ2) is 7.67. The van der Waals surface area contributed by atoms with E-state index in [0.29, 0.717) is 11.4 Å². The van der Waals surface area contributed by atoms with Crippen LogP contribution in [-0.4, -0.2) is 23.7 Å². The molecule has 0 spiro atoms. The van der Waals surface area contributed by atoms with Gasteiger partial charge in [0.15, 0.2) is 6.10 Å². The second-order valence-corrected chi connectivity index (χ2v) is 8.97. The first-order chi connectivity index (χ1) is 14.2. The fourth-order valence-corrected chi connectivity index (χ4v) is 4.21. The van der Waals surface area contributed by atoms with E-state index in [2.05, 4.69) is 22.8 Å². The van der Waals surface area contributed by atoms with Crippen molar-refractivity contribution >= 4 is 17.7 Å². The molecule has 2 N–H and O–H groups in total. The molecule has 30 heavy (non-hydrogen) atoms. The van der Waals surface area contributed by atoms with Crippen molar-refractivity contribution in [2.45, 2.75) is 64.2 Å². The molecule has 1 heterocycles. The van der Waals surface area contributed by atoms with Gasteiger partial charge in [0.05, 0.1) is 11.7 Å². The maximum Gasteiger partial charge on any atom is 0.408 e. The van der Waals surface area contributed by atoms with Gasteiger partial charge >= 0.3 is 6.09 Å². The summed E-state index contributed by atoms with van der Waals surface area (Å²) in [6.45, 7) is 7.26. The molecular formula is C24H28N2O4. The van der Waals surface area contributed by atoms with E-state index in [1.807, 2.05) is 51.1 Å². The topological polar surface area (TPSA) is 76.7 Å². The van der Waals surface area contributed by atoms with Gasteiger partial charge in [0, 0.05) is 5.92 Å². The van der Waals surface area contributed by atoms with Gasteiger partial charge in [0.2, 0.25) is 0 Å². The summed E-state index contributed by atoms with van der Waals surface area (Å²) in [6.07, 6.45) is 0.913. The molecule has 0 aromatic heterocycles. The smallest absolute Gasteiger partial charge is 0.408 e. The number of carbonyl (C=O) groups excluding carboxylic acids is 2. The Balaban J connectivity index is 1.68. The number of fused-ring (bicyclic) bond motifs is 2. The summed E-state index contributed by atoms with van der Waals surface area (Å²) in [5.74, 6) is 0.571. The summed E-state index contributed by atoms with van der Waals surface area (Å²) in [5.41, 5.74) is 3.49. The molecule has 0 bridgehead atoms. The zero-order chi connectivity index (χ0) is 21.5. The summed E-state index contributed by atoms with van der Waals surface area (Å²) in [7, 11) is 0. The number of alkyl carbamates (subject to hydrolysis) is 1. The van der Waals surface area contributed by atoms with Crippen molar-refractivity contribution < 1.29 is 19.1 Å². The molecule has 2 aromatic carbocycles. The number of anilines is 1. The van der Waals surface area contributed by atoms with Crippen molar-refractivity contribution in [1.29, 1.82) is 0 Å². The van der Waals surface area contributed by atoms with Crippen LogP contribution in [0.5, 0.6) is 5.75 Å². The van der Waals surface area contributed by atoms with Gasteiger partial charge in [-0.25, -0.2) is 4.79 Å². The normalized spacial score (nSPS) is 21.0. The lowest BCUT2D eigenvalue weighted by atomic mass is 9.88. The Morgan fingerprint density at radius 2 is 2.00 bits per heavy atom. The summed E-state index contributed by atoms with van der Waals surface area (Å²) in [6, 6.07) is 13.8. The van der Waals surface area contributed by atoms with Crippen LogP contribution in [0, 0.1) is 0 Å². The zero-order valence-corrected chi connectivity index (χ0v) is 17.8. The van der Waals surface area contributed by atoms with Crippen molar-refractivity contribution in [3.63, 3.8) is 0 Å². The van der Waals surface area contributed by atoms with Gasteiger partial charge < -0.3 is 20.1 Å². The predicted molar refractivity (Wildman–Crippen MR) is 115 cm³/mol. The summed E-state index contributed by atoms with van der Waals surface area (Å²) < 4.78 is 11.2. The van der Waals surface area contributed by atoms with Gasteiger partial charge in [-0.3, -0.25) is 4.79 Å².